The standard InChI is InChI=1S/C23H26N6O/c1-5-28-12-10-20(27-28)16(3)25-21(30)14-29-23-22(17(4)26-29)19(9-11-24-23)18-8-6-7-15(2)13-18/h6-13,16H,5,14H2,1-4H3,(H,25,30). The SMILES string of the molecule is CCn1ccc(C(C)NC(=O)Cn2nc(C)c3c(-c4cccc(C)c4)ccnc32)n1. The van der Waals surface area contributed by atoms with Crippen LogP contribution >= 0.6 is 0 Å². The number of carbonyl (C=O) groups is 1. The van der Waals surface area contributed by atoms with Crippen LogP contribution in [0.1, 0.15) is 36.8 Å². The normalized spacial score (nSPS) is 12.3. The highest BCUT2D eigenvalue weighted by atomic mass is 16.2. The van der Waals surface area contributed by atoms with Gasteiger partial charge in [-0.25, -0.2) is 9.67 Å². The zero-order valence-electron chi connectivity index (χ0n) is 17.8. The largest absolute Gasteiger partial charge is 0.346 e. The first-order valence-electron chi connectivity index (χ1n) is 10.2. The summed E-state index contributed by atoms with van der Waals surface area (Å²) in [7, 11) is 0. The lowest BCUT2D eigenvalue weighted by Crippen LogP contribution is -2.30. The number of pyridine rings is 1. The molecule has 1 aromatic carbocycles. The highest BCUT2D eigenvalue weighted by Gasteiger charge is 2.18. The van der Waals surface area contributed by atoms with Crippen molar-refractivity contribution < 1.29 is 4.79 Å². The number of rotatable bonds is 6. The predicted octanol–water partition coefficient (Wildman–Crippen LogP) is 3.81. The first kappa shape index (κ1) is 19.8. The van der Waals surface area contributed by atoms with Crippen molar-refractivity contribution in [2.75, 3.05) is 0 Å². The maximum absolute atomic E-state index is 12.7. The van der Waals surface area contributed by atoms with E-state index in [1.54, 1.807) is 10.9 Å². The second kappa shape index (κ2) is 8.10. The van der Waals surface area contributed by atoms with Crippen molar-refractivity contribution in [3.8, 4) is 11.1 Å². The Hall–Kier alpha value is -3.48. The molecule has 0 spiro atoms. The van der Waals surface area contributed by atoms with Crippen molar-refractivity contribution in [3.05, 3.63) is 65.7 Å². The van der Waals surface area contributed by atoms with Gasteiger partial charge < -0.3 is 5.32 Å². The second-order valence-electron chi connectivity index (χ2n) is 7.56. The minimum absolute atomic E-state index is 0.105. The van der Waals surface area contributed by atoms with Gasteiger partial charge in [0.25, 0.3) is 0 Å². The monoisotopic (exact) mass is 402 g/mol. The summed E-state index contributed by atoms with van der Waals surface area (Å²) in [5.74, 6) is -0.124. The third-order valence-corrected chi connectivity index (χ3v) is 5.24. The van der Waals surface area contributed by atoms with E-state index in [0.717, 1.165) is 34.4 Å². The average molecular weight is 403 g/mol. The minimum atomic E-state index is -0.177. The minimum Gasteiger partial charge on any atom is -0.346 e. The fraction of sp³-hybridized carbons (Fsp3) is 0.304. The fourth-order valence-electron chi connectivity index (χ4n) is 3.73. The van der Waals surface area contributed by atoms with Crippen LogP contribution in [-0.2, 0) is 17.9 Å². The molecular formula is C23H26N6O. The first-order chi connectivity index (χ1) is 14.5. The van der Waals surface area contributed by atoms with Crippen molar-refractivity contribution in [1.82, 2.24) is 29.9 Å². The summed E-state index contributed by atoms with van der Waals surface area (Å²) in [5, 5.41) is 13.1. The summed E-state index contributed by atoms with van der Waals surface area (Å²) in [6.45, 7) is 8.90. The van der Waals surface area contributed by atoms with Crippen LogP contribution < -0.4 is 5.32 Å². The van der Waals surface area contributed by atoms with Crippen molar-refractivity contribution in [2.45, 2.75) is 46.8 Å². The van der Waals surface area contributed by atoms with Crippen molar-refractivity contribution >= 4 is 16.9 Å². The molecule has 30 heavy (non-hydrogen) atoms. The van der Waals surface area contributed by atoms with Crippen LogP contribution in [0.25, 0.3) is 22.2 Å². The third kappa shape index (κ3) is 3.83. The zero-order valence-corrected chi connectivity index (χ0v) is 17.8. The van der Waals surface area contributed by atoms with Crippen LogP contribution in [0.3, 0.4) is 0 Å². The van der Waals surface area contributed by atoms with Gasteiger partial charge in [-0.2, -0.15) is 10.2 Å². The highest BCUT2D eigenvalue weighted by molar-refractivity contribution is 5.95. The number of nitrogens with zero attached hydrogens (tertiary/aromatic N) is 5. The molecule has 1 amide bonds. The van der Waals surface area contributed by atoms with Crippen molar-refractivity contribution in [3.63, 3.8) is 0 Å². The van der Waals surface area contributed by atoms with Gasteiger partial charge in [0.15, 0.2) is 5.65 Å². The average Bonchev–Trinajstić information content (AvgIpc) is 3.33. The number of hydrogen-bond acceptors (Lipinski definition) is 4. The van der Waals surface area contributed by atoms with E-state index in [1.165, 1.54) is 5.56 Å². The summed E-state index contributed by atoms with van der Waals surface area (Å²) in [6, 6.07) is 12.1. The predicted molar refractivity (Wildman–Crippen MR) is 117 cm³/mol. The highest BCUT2D eigenvalue weighted by Crippen LogP contribution is 2.30. The molecule has 1 N–H and O–H groups in total. The Morgan fingerprint density at radius 2 is 2.00 bits per heavy atom. The van der Waals surface area contributed by atoms with E-state index in [1.807, 2.05) is 49.8 Å². The van der Waals surface area contributed by atoms with E-state index in [-0.39, 0.29) is 18.5 Å². The molecule has 0 aliphatic heterocycles. The van der Waals surface area contributed by atoms with Gasteiger partial charge in [-0.05, 0) is 51.0 Å². The third-order valence-electron chi connectivity index (χ3n) is 5.24. The summed E-state index contributed by atoms with van der Waals surface area (Å²) < 4.78 is 3.52. The molecule has 0 saturated carbocycles. The molecule has 0 radical (unpaired) electrons. The molecule has 7 heteroatoms. The van der Waals surface area contributed by atoms with Gasteiger partial charge in [-0.15, -0.1) is 0 Å². The number of fused-ring (bicyclic) bond motifs is 1. The van der Waals surface area contributed by atoms with Crippen molar-refractivity contribution in [2.24, 2.45) is 0 Å². The van der Waals surface area contributed by atoms with Gasteiger partial charge in [-0.1, -0.05) is 29.8 Å². The molecule has 1 unspecified atom stereocenters. The molecule has 0 aliphatic rings. The Labute approximate surface area is 175 Å². The van der Waals surface area contributed by atoms with E-state index < -0.39 is 0 Å². The van der Waals surface area contributed by atoms with E-state index in [0.29, 0.717) is 5.65 Å². The number of carbonyl (C=O) groups excluding carboxylic acids is 1. The fourth-order valence-corrected chi connectivity index (χ4v) is 3.73. The van der Waals surface area contributed by atoms with Gasteiger partial charge in [0.05, 0.1) is 17.4 Å². The number of nitrogens with one attached hydrogen (secondary N) is 1. The number of aryl methyl sites for hydroxylation is 3. The topological polar surface area (TPSA) is 77.6 Å². The summed E-state index contributed by atoms with van der Waals surface area (Å²) in [4.78, 5) is 17.2. The van der Waals surface area contributed by atoms with E-state index >= 15 is 0 Å². The smallest absolute Gasteiger partial charge is 0.242 e. The lowest BCUT2D eigenvalue weighted by Gasteiger charge is -2.12. The molecule has 0 aliphatic carbocycles. The molecule has 3 heterocycles. The van der Waals surface area contributed by atoms with Gasteiger partial charge in [0.2, 0.25) is 5.91 Å². The molecule has 4 aromatic rings. The molecule has 3 aromatic heterocycles. The Morgan fingerprint density at radius 1 is 1.17 bits per heavy atom. The quantitative estimate of drug-likeness (QED) is 0.532. The van der Waals surface area contributed by atoms with E-state index in [4.69, 9.17) is 0 Å². The zero-order chi connectivity index (χ0) is 21.3. The maximum Gasteiger partial charge on any atom is 0.242 e. The lowest BCUT2D eigenvalue weighted by molar-refractivity contribution is -0.122. The Morgan fingerprint density at radius 3 is 2.73 bits per heavy atom. The summed E-state index contributed by atoms with van der Waals surface area (Å²) in [5.41, 5.74) is 5.80. The molecule has 0 bridgehead atoms. The van der Waals surface area contributed by atoms with Gasteiger partial charge in [-0.3, -0.25) is 9.48 Å². The molecule has 4 rings (SSSR count). The lowest BCUT2D eigenvalue weighted by atomic mass is 10.0. The molecule has 7 nitrogen and oxygen atoms in total. The van der Waals surface area contributed by atoms with Crippen LogP contribution in [0.15, 0.2) is 48.8 Å². The Bertz CT molecular complexity index is 1210. The first-order valence-corrected chi connectivity index (χ1v) is 10.2. The van der Waals surface area contributed by atoms with Crippen LogP contribution in [-0.4, -0.2) is 30.5 Å². The second-order valence-corrected chi connectivity index (χ2v) is 7.56. The Balaban J connectivity index is 1.59. The van der Waals surface area contributed by atoms with Crippen LogP contribution in [0.2, 0.25) is 0 Å². The molecule has 0 saturated heterocycles. The maximum atomic E-state index is 12.7. The van der Waals surface area contributed by atoms with E-state index in [9.17, 15) is 4.79 Å². The molecule has 1 atom stereocenters. The van der Waals surface area contributed by atoms with Gasteiger partial charge in [0.1, 0.15) is 6.54 Å². The molecular weight excluding hydrogens is 376 g/mol. The summed E-state index contributed by atoms with van der Waals surface area (Å²) in [6.07, 6.45) is 3.69. The number of amides is 1. The number of hydrogen-bond donors (Lipinski definition) is 1. The molecule has 0 fully saturated rings. The van der Waals surface area contributed by atoms with Crippen LogP contribution in [0, 0.1) is 13.8 Å². The van der Waals surface area contributed by atoms with Gasteiger partial charge >= 0.3 is 0 Å². The Kier molecular flexibility index (Phi) is 5.35. The summed E-state index contributed by atoms with van der Waals surface area (Å²) >= 11 is 0. The van der Waals surface area contributed by atoms with Gasteiger partial charge in [0, 0.05) is 24.3 Å². The van der Waals surface area contributed by atoms with Crippen LogP contribution in [0.5, 0.6) is 0 Å². The van der Waals surface area contributed by atoms with Crippen LogP contribution in [0.4, 0.5) is 0 Å². The number of benzene rings is 1. The van der Waals surface area contributed by atoms with Crippen molar-refractivity contribution in [1.29, 1.82) is 0 Å². The number of aromatic nitrogens is 5. The van der Waals surface area contributed by atoms with E-state index in [2.05, 4.69) is 45.6 Å². The molecule has 154 valence electrons.